The normalized spacial score (nSPS) is 7.88. The molecule has 0 bridgehead atoms. The largest absolute Gasteiger partial charge is 0.477 e. The summed E-state index contributed by atoms with van der Waals surface area (Å²) in [5.74, 6) is -2.01. The van der Waals surface area contributed by atoms with Crippen LogP contribution >= 0.6 is 95.6 Å². The Morgan fingerprint density at radius 3 is 0.824 bits per heavy atom. The summed E-state index contributed by atoms with van der Waals surface area (Å²) in [4.78, 5) is 20.0. The van der Waals surface area contributed by atoms with Crippen LogP contribution in [0, 0.1) is 0 Å². The first-order valence-corrected chi connectivity index (χ1v) is 7.75. The monoisotopic (exact) mass is 725 g/mol. The van der Waals surface area contributed by atoms with Crippen LogP contribution in [0.3, 0.4) is 0 Å². The number of aliphatic carboxylic acids is 2. The van der Waals surface area contributed by atoms with Crippen molar-refractivity contribution in [2.24, 2.45) is 0 Å². The molecule has 0 radical (unpaired) electrons. The first-order valence-electron chi connectivity index (χ1n) is 2.99. The second-order valence-electron chi connectivity index (χ2n) is 1.76. The molecule has 4 nitrogen and oxygen atoms in total. The Morgan fingerprint density at radius 2 is 0.824 bits per heavy atom. The Kier molecular flexibility index (Phi) is 18.9. The molecule has 0 aromatic carbocycles. The van der Waals surface area contributed by atoms with E-state index in [1.807, 2.05) is 0 Å². The van der Waals surface area contributed by atoms with Gasteiger partial charge in [-0.2, -0.15) is 0 Å². The van der Waals surface area contributed by atoms with Crippen LogP contribution in [-0.4, -0.2) is 22.2 Å². The molecule has 0 aliphatic heterocycles. The maximum Gasteiger partial charge on any atom is 0.344 e. The minimum Gasteiger partial charge on any atom is -0.477 e. The third kappa shape index (κ3) is 14.4. The summed E-state index contributed by atoms with van der Waals surface area (Å²) in [6.07, 6.45) is 0. The number of halogens is 6. The maximum atomic E-state index is 9.98. The summed E-state index contributed by atoms with van der Waals surface area (Å²) in [7, 11) is 0. The Balaban J connectivity index is -0.000000218. The maximum absolute atomic E-state index is 9.98. The number of hydrogen-bond acceptors (Lipinski definition) is 2. The molecule has 0 aromatic heterocycles. The van der Waals surface area contributed by atoms with Gasteiger partial charge in [-0.1, -0.05) is 0 Å². The molecule has 0 aliphatic rings. The molecule has 17 heavy (non-hydrogen) atoms. The third-order valence-corrected chi connectivity index (χ3v) is 5.89. The number of rotatable bonds is 2. The molecule has 0 aromatic rings. The van der Waals surface area contributed by atoms with Crippen LogP contribution in [0.25, 0.3) is 0 Å². The van der Waals surface area contributed by atoms with E-state index in [0.717, 1.165) is 0 Å². The summed E-state index contributed by atoms with van der Waals surface area (Å²) >= 11 is 17.2. The molecule has 0 spiro atoms. The van der Waals surface area contributed by atoms with Gasteiger partial charge in [0.25, 0.3) is 0 Å². The van der Waals surface area contributed by atoms with Crippen molar-refractivity contribution in [2.45, 2.75) is 0 Å². The Morgan fingerprint density at radius 1 is 0.647 bits per heavy atom. The van der Waals surface area contributed by atoms with Gasteiger partial charge in [-0.3, -0.25) is 0 Å². The Labute approximate surface area is 168 Å². The molecule has 94 valence electrons. The van der Waals surface area contributed by atoms with E-state index in [9.17, 15) is 9.59 Å². The summed E-state index contributed by atoms with van der Waals surface area (Å²) in [5.41, 5.74) is 0. The zero-order valence-electron chi connectivity index (χ0n) is 7.69. The first-order chi connectivity index (χ1) is 7.11. The molecule has 0 saturated carbocycles. The summed E-state index contributed by atoms with van der Waals surface area (Å²) < 4.78 is 0.963. The van der Waals surface area contributed by atoms with Gasteiger partial charge in [-0.05, 0) is 95.6 Å². The summed E-state index contributed by atoms with van der Waals surface area (Å²) in [6, 6.07) is 0. The van der Waals surface area contributed by atoms with Crippen LogP contribution in [0.15, 0.2) is 15.7 Å². The van der Waals surface area contributed by atoms with E-state index in [1.54, 1.807) is 0 Å². The zero-order chi connectivity index (χ0) is 13.5. The van der Waals surface area contributed by atoms with Crippen LogP contribution in [0.5, 0.6) is 0 Å². The van der Waals surface area contributed by atoms with Gasteiger partial charge < -0.3 is 10.2 Å². The van der Waals surface area contributed by atoms with E-state index in [4.69, 9.17) is 10.2 Å². The fourth-order valence-corrected chi connectivity index (χ4v) is 0.840. The van der Waals surface area contributed by atoms with Crippen molar-refractivity contribution in [3.05, 3.63) is 15.7 Å². The molecular weight excluding hydrogens is 728 g/mol. The predicted molar refractivity (Wildman–Crippen MR) is 82.9 cm³/mol. The fourth-order valence-electron chi connectivity index (χ4n) is 0.162. The molecule has 0 amide bonds. The second-order valence-corrected chi connectivity index (χ2v) is 8.65. The average Bonchev–Trinajstić information content (AvgIpc) is 2.15. The van der Waals surface area contributed by atoms with Crippen molar-refractivity contribution >= 4 is 108 Å². The molecular formula is C6H2Br6CdO4. The van der Waals surface area contributed by atoms with E-state index >= 15 is 0 Å². The Bertz CT molecular complexity index is 310. The van der Waals surface area contributed by atoms with Gasteiger partial charge >= 0.3 is 11.9 Å². The molecule has 0 atom stereocenters. The van der Waals surface area contributed by atoms with Gasteiger partial charge in [0.05, 0.1) is 6.78 Å². The SMILES string of the molecule is O=C(O)C(Br)=C(Br)Br.O=C(O)C(Br)=C(Br)Br.[Cd]. The average molecular weight is 730 g/mol. The molecule has 2 N–H and O–H groups in total. The van der Waals surface area contributed by atoms with E-state index in [1.165, 1.54) is 0 Å². The van der Waals surface area contributed by atoms with Gasteiger partial charge in [0.15, 0.2) is 0 Å². The predicted octanol–water partition coefficient (Wildman–Crippen LogP) is 4.85. The molecule has 0 aliphatic carbocycles. The quantitative estimate of drug-likeness (QED) is 0.315. The molecule has 11 heteroatoms. The van der Waals surface area contributed by atoms with Crippen molar-refractivity contribution in [1.82, 2.24) is 0 Å². The number of carboxylic acids is 2. The van der Waals surface area contributed by atoms with Crippen molar-refractivity contribution in [3.63, 3.8) is 0 Å². The summed E-state index contributed by atoms with van der Waals surface area (Å²) in [5, 5.41) is 16.4. The second kappa shape index (κ2) is 13.2. The zero-order valence-corrected chi connectivity index (χ0v) is 21.2. The number of carbonyl (C=O) groups is 2. The molecule has 0 fully saturated rings. The fraction of sp³-hybridized carbons (Fsp3) is 0. The van der Waals surface area contributed by atoms with E-state index < -0.39 is 11.9 Å². The summed E-state index contributed by atoms with van der Waals surface area (Å²) in [6.45, 7) is 0. The molecule has 0 heterocycles. The van der Waals surface area contributed by atoms with Crippen molar-refractivity contribution < 1.29 is 47.1 Å². The van der Waals surface area contributed by atoms with Crippen LogP contribution in [0.1, 0.15) is 0 Å². The topological polar surface area (TPSA) is 74.6 Å². The van der Waals surface area contributed by atoms with Crippen LogP contribution in [0.2, 0.25) is 0 Å². The first kappa shape index (κ1) is 24.3. The van der Waals surface area contributed by atoms with Crippen LogP contribution in [0.4, 0.5) is 0 Å². The van der Waals surface area contributed by atoms with Gasteiger partial charge in [0, 0.05) is 27.3 Å². The smallest absolute Gasteiger partial charge is 0.344 e. The van der Waals surface area contributed by atoms with Gasteiger partial charge in [-0.15, -0.1) is 0 Å². The minimum absolute atomic E-state index is 0. The van der Waals surface area contributed by atoms with E-state index in [0.29, 0.717) is 6.78 Å². The van der Waals surface area contributed by atoms with Gasteiger partial charge in [0.1, 0.15) is 8.96 Å². The van der Waals surface area contributed by atoms with Crippen LogP contribution in [-0.2, 0) is 36.9 Å². The van der Waals surface area contributed by atoms with Gasteiger partial charge in [-0.25, -0.2) is 9.59 Å². The van der Waals surface area contributed by atoms with Gasteiger partial charge in [0.2, 0.25) is 0 Å². The Hall–Kier alpha value is 2.22. The molecule has 0 unspecified atom stereocenters. The standard InChI is InChI=1S/2C3HBr3O2.Cd/c2*4-1(2(5)6)3(7)8;/h2*(H,7,8);. The van der Waals surface area contributed by atoms with Crippen molar-refractivity contribution in [2.75, 3.05) is 0 Å². The van der Waals surface area contributed by atoms with Crippen LogP contribution < -0.4 is 0 Å². The molecule has 0 saturated heterocycles. The van der Waals surface area contributed by atoms with E-state index in [-0.39, 0.29) is 36.3 Å². The minimum atomic E-state index is -1.01. The molecule has 0 rings (SSSR count). The van der Waals surface area contributed by atoms with Crippen molar-refractivity contribution in [1.29, 1.82) is 0 Å². The number of carboxylic acid groups (broad SMARTS) is 2. The third-order valence-electron chi connectivity index (χ3n) is 0.707. The van der Waals surface area contributed by atoms with E-state index in [2.05, 4.69) is 95.6 Å². The number of hydrogen-bond donors (Lipinski definition) is 2. The van der Waals surface area contributed by atoms with Crippen molar-refractivity contribution in [3.8, 4) is 0 Å².